The van der Waals surface area contributed by atoms with E-state index in [0.29, 0.717) is 24.4 Å². The first-order chi connectivity index (χ1) is 10.6. The third-order valence-corrected chi connectivity index (χ3v) is 4.95. The smallest absolute Gasteiger partial charge is 0.308 e. The molecular formula is C17H17NO3S. The van der Waals surface area contributed by atoms with E-state index in [1.807, 2.05) is 42.6 Å². The number of benzene rings is 1. The van der Waals surface area contributed by atoms with Gasteiger partial charge in [-0.15, -0.1) is 11.3 Å². The Hall–Kier alpha value is -2.14. The van der Waals surface area contributed by atoms with Gasteiger partial charge in [0.2, 0.25) is 0 Å². The third-order valence-electron chi connectivity index (χ3n) is 4.05. The molecule has 114 valence electrons. The van der Waals surface area contributed by atoms with Gasteiger partial charge in [0.05, 0.1) is 10.8 Å². The molecule has 2 heterocycles. The molecule has 0 saturated carbocycles. The summed E-state index contributed by atoms with van der Waals surface area (Å²) in [7, 11) is 0. The van der Waals surface area contributed by atoms with Crippen LogP contribution in [0.15, 0.2) is 35.7 Å². The van der Waals surface area contributed by atoms with Gasteiger partial charge in [0.1, 0.15) is 0 Å². The lowest BCUT2D eigenvalue weighted by Gasteiger charge is -2.16. The van der Waals surface area contributed by atoms with E-state index in [1.54, 1.807) is 4.90 Å². The Bertz CT molecular complexity index is 705. The number of carboxylic acids is 1. The zero-order valence-electron chi connectivity index (χ0n) is 12.3. The molecular weight excluding hydrogens is 298 g/mol. The monoisotopic (exact) mass is 315 g/mol. The van der Waals surface area contributed by atoms with Gasteiger partial charge in [0.25, 0.3) is 5.91 Å². The van der Waals surface area contributed by atoms with Crippen LogP contribution in [0.3, 0.4) is 0 Å². The number of rotatable bonds is 3. The van der Waals surface area contributed by atoms with E-state index in [0.717, 1.165) is 11.1 Å². The van der Waals surface area contributed by atoms with Crippen LogP contribution in [0.4, 0.5) is 0 Å². The molecule has 1 aliphatic heterocycles. The maximum atomic E-state index is 12.7. The van der Waals surface area contributed by atoms with Gasteiger partial charge in [-0.05, 0) is 30.4 Å². The van der Waals surface area contributed by atoms with Crippen LogP contribution in [-0.2, 0) is 4.79 Å². The van der Waals surface area contributed by atoms with Gasteiger partial charge in [-0.25, -0.2) is 0 Å². The lowest BCUT2D eigenvalue weighted by molar-refractivity contribution is -0.141. The molecule has 2 aromatic rings. The van der Waals surface area contributed by atoms with E-state index < -0.39 is 11.9 Å². The van der Waals surface area contributed by atoms with E-state index in [-0.39, 0.29) is 5.91 Å². The fourth-order valence-corrected chi connectivity index (χ4v) is 3.61. The van der Waals surface area contributed by atoms with E-state index >= 15 is 0 Å². The Labute approximate surface area is 133 Å². The quantitative estimate of drug-likeness (QED) is 0.945. The number of aliphatic carboxylic acids is 1. The molecule has 3 rings (SSSR count). The zero-order valence-corrected chi connectivity index (χ0v) is 13.1. The number of hydrogen-bond acceptors (Lipinski definition) is 3. The summed E-state index contributed by atoms with van der Waals surface area (Å²) in [6.45, 7) is 2.85. The summed E-state index contributed by atoms with van der Waals surface area (Å²) in [5, 5.41) is 11.0. The maximum absolute atomic E-state index is 12.7. The van der Waals surface area contributed by atoms with Crippen LogP contribution in [0, 0.1) is 12.8 Å². The van der Waals surface area contributed by atoms with Crippen LogP contribution in [-0.4, -0.2) is 35.0 Å². The van der Waals surface area contributed by atoms with Crippen LogP contribution >= 0.6 is 11.3 Å². The molecule has 1 aliphatic rings. The Kier molecular flexibility index (Phi) is 3.98. The average molecular weight is 315 g/mol. The molecule has 0 radical (unpaired) electrons. The molecule has 22 heavy (non-hydrogen) atoms. The summed E-state index contributed by atoms with van der Waals surface area (Å²) in [6, 6.07) is 10.0. The average Bonchev–Trinajstić information content (AvgIpc) is 3.17. The summed E-state index contributed by atoms with van der Waals surface area (Å²) < 4.78 is 0. The summed E-state index contributed by atoms with van der Waals surface area (Å²) in [5.74, 6) is -1.32. The van der Waals surface area contributed by atoms with Gasteiger partial charge in [-0.2, -0.15) is 0 Å². The van der Waals surface area contributed by atoms with Crippen LogP contribution < -0.4 is 0 Å². The number of nitrogens with zero attached hydrogens (tertiary/aromatic N) is 1. The minimum absolute atomic E-state index is 0.0608. The molecule has 0 aliphatic carbocycles. The Morgan fingerprint density at radius 1 is 1.23 bits per heavy atom. The van der Waals surface area contributed by atoms with Crippen molar-refractivity contribution in [2.45, 2.75) is 13.3 Å². The number of likely N-dealkylation sites (tertiary alicyclic amines) is 1. The number of hydrogen-bond donors (Lipinski definition) is 1. The largest absolute Gasteiger partial charge is 0.481 e. The lowest BCUT2D eigenvalue weighted by atomic mass is 10.0. The van der Waals surface area contributed by atoms with Crippen LogP contribution in [0.5, 0.6) is 0 Å². The SMILES string of the molecule is Cc1ccc(-c2ccsc2C(=O)N2CC[C@H](C(=O)O)C2)cc1. The second-order valence-corrected chi connectivity index (χ2v) is 6.52. The van der Waals surface area contributed by atoms with Crippen molar-refractivity contribution in [3.8, 4) is 11.1 Å². The molecule has 1 saturated heterocycles. The fourth-order valence-electron chi connectivity index (χ4n) is 2.73. The predicted molar refractivity (Wildman–Crippen MR) is 86.1 cm³/mol. The molecule has 1 amide bonds. The Morgan fingerprint density at radius 2 is 1.95 bits per heavy atom. The highest BCUT2D eigenvalue weighted by molar-refractivity contribution is 7.12. The van der Waals surface area contributed by atoms with Gasteiger partial charge in [-0.3, -0.25) is 9.59 Å². The van der Waals surface area contributed by atoms with E-state index in [1.165, 1.54) is 16.9 Å². The molecule has 0 unspecified atom stereocenters. The van der Waals surface area contributed by atoms with Crippen molar-refractivity contribution in [2.75, 3.05) is 13.1 Å². The van der Waals surface area contributed by atoms with Crippen molar-refractivity contribution in [3.05, 3.63) is 46.2 Å². The van der Waals surface area contributed by atoms with Crippen molar-refractivity contribution in [3.63, 3.8) is 0 Å². The minimum atomic E-state index is -0.819. The summed E-state index contributed by atoms with van der Waals surface area (Å²) in [6.07, 6.45) is 0.534. The van der Waals surface area contributed by atoms with Crippen LogP contribution in [0.2, 0.25) is 0 Å². The second-order valence-electron chi connectivity index (χ2n) is 5.60. The first-order valence-corrected chi connectivity index (χ1v) is 8.11. The second kappa shape index (κ2) is 5.93. The molecule has 1 N–H and O–H groups in total. The molecule has 0 spiro atoms. The van der Waals surface area contributed by atoms with E-state index in [4.69, 9.17) is 5.11 Å². The topological polar surface area (TPSA) is 57.6 Å². The normalized spacial score (nSPS) is 17.7. The molecule has 5 heteroatoms. The minimum Gasteiger partial charge on any atom is -0.481 e. The molecule has 4 nitrogen and oxygen atoms in total. The number of amides is 1. The first-order valence-electron chi connectivity index (χ1n) is 7.23. The molecule has 1 aromatic carbocycles. The first kappa shape index (κ1) is 14.8. The Morgan fingerprint density at radius 3 is 2.59 bits per heavy atom. The van der Waals surface area contributed by atoms with E-state index in [2.05, 4.69) is 0 Å². The predicted octanol–water partition coefficient (Wildman–Crippen LogP) is 3.27. The summed E-state index contributed by atoms with van der Waals surface area (Å²) in [4.78, 5) is 26.1. The van der Waals surface area contributed by atoms with Gasteiger partial charge >= 0.3 is 5.97 Å². The number of aryl methyl sites for hydroxylation is 1. The van der Waals surface area contributed by atoms with Gasteiger partial charge < -0.3 is 10.0 Å². The van der Waals surface area contributed by atoms with Gasteiger partial charge in [0, 0.05) is 18.7 Å². The van der Waals surface area contributed by atoms with Crippen LogP contribution in [0.25, 0.3) is 11.1 Å². The number of carboxylic acid groups (broad SMARTS) is 1. The standard InChI is InChI=1S/C17H17NO3S/c1-11-2-4-12(5-3-11)14-7-9-22-15(14)16(19)18-8-6-13(10-18)17(20)21/h2-5,7,9,13H,6,8,10H2,1H3,(H,20,21)/t13-/m0/s1. The number of carbonyl (C=O) groups excluding carboxylic acids is 1. The highest BCUT2D eigenvalue weighted by Gasteiger charge is 2.32. The summed E-state index contributed by atoms with van der Waals surface area (Å²) in [5.41, 5.74) is 3.12. The molecule has 1 fully saturated rings. The Balaban J connectivity index is 1.84. The number of thiophene rings is 1. The van der Waals surface area contributed by atoms with Gasteiger partial charge in [-0.1, -0.05) is 29.8 Å². The van der Waals surface area contributed by atoms with Crippen molar-refractivity contribution in [1.82, 2.24) is 4.90 Å². The lowest BCUT2D eigenvalue weighted by Crippen LogP contribution is -2.29. The van der Waals surface area contributed by atoms with Crippen molar-refractivity contribution in [1.29, 1.82) is 0 Å². The van der Waals surface area contributed by atoms with Crippen LogP contribution in [0.1, 0.15) is 21.7 Å². The summed E-state index contributed by atoms with van der Waals surface area (Å²) >= 11 is 1.41. The highest BCUT2D eigenvalue weighted by atomic mass is 32.1. The maximum Gasteiger partial charge on any atom is 0.308 e. The fraction of sp³-hybridized carbons (Fsp3) is 0.294. The van der Waals surface area contributed by atoms with Gasteiger partial charge in [0.15, 0.2) is 0 Å². The van der Waals surface area contributed by atoms with Crippen molar-refractivity contribution < 1.29 is 14.7 Å². The zero-order chi connectivity index (χ0) is 15.7. The van der Waals surface area contributed by atoms with E-state index in [9.17, 15) is 9.59 Å². The van der Waals surface area contributed by atoms with Crippen molar-refractivity contribution in [2.24, 2.45) is 5.92 Å². The molecule has 1 atom stereocenters. The highest BCUT2D eigenvalue weighted by Crippen LogP contribution is 2.31. The third kappa shape index (κ3) is 2.76. The molecule has 1 aromatic heterocycles. The van der Waals surface area contributed by atoms with Crippen molar-refractivity contribution >= 4 is 23.2 Å². The number of carbonyl (C=O) groups is 2. The molecule has 0 bridgehead atoms.